The molecule has 0 fully saturated rings. The Kier molecular flexibility index (Phi) is 6.45. The van der Waals surface area contributed by atoms with Crippen LogP contribution in [0.15, 0.2) is 17.1 Å². The third kappa shape index (κ3) is 4.94. The SMILES string of the molecule is CCCn1ccc(=O)c(OC(=O)NCC(=O)OCC)c1C. The molecule has 0 spiro atoms. The molecule has 0 aromatic carbocycles. The van der Waals surface area contributed by atoms with E-state index in [0.717, 1.165) is 6.42 Å². The molecule has 0 aliphatic heterocycles. The highest BCUT2D eigenvalue weighted by atomic mass is 16.6. The summed E-state index contributed by atoms with van der Waals surface area (Å²) < 4.78 is 11.5. The summed E-state index contributed by atoms with van der Waals surface area (Å²) in [5.74, 6) is -0.602. The van der Waals surface area contributed by atoms with Gasteiger partial charge in [0.15, 0.2) is 5.75 Å². The fraction of sp³-hybridized carbons (Fsp3) is 0.500. The number of pyridine rings is 1. The maximum Gasteiger partial charge on any atom is 0.413 e. The molecule has 1 N–H and O–H groups in total. The Morgan fingerprint density at radius 2 is 2.05 bits per heavy atom. The zero-order chi connectivity index (χ0) is 15.8. The average molecular weight is 296 g/mol. The number of aromatic nitrogens is 1. The van der Waals surface area contributed by atoms with Gasteiger partial charge in [0.05, 0.1) is 12.3 Å². The van der Waals surface area contributed by atoms with Crippen LogP contribution >= 0.6 is 0 Å². The first-order valence-corrected chi connectivity index (χ1v) is 6.80. The highest BCUT2D eigenvalue weighted by molar-refractivity contribution is 5.78. The van der Waals surface area contributed by atoms with Gasteiger partial charge in [-0.1, -0.05) is 6.92 Å². The molecule has 0 saturated carbocycles. The van der Waals surface area contributed by atoms with Crippen LogP contribution in [-0.2, 0) is 16.1 Å². The van der Waals surface area contributed by atoms with Crippen molar-refractivity contribution >= 4 is 12.1 Å². The number of nitrogens with zero attached hydrogens (tertiary/aromatic N) is 1. The summed E-state index contributed by atoms with van der Waals surface area (Å²) >= 11 is 0. The quantitative estimate of drug-likeness (QED) is 0.798. The van der Waals surface area contributed by atoms with E-state index in [1.54, 1.807) is 20.0 Å². The third-order valence-corrected chi connectivity index (χ3v) is 2.73. The first-order chi connectivity index (χ1) is 9.99. The largest absolute Gasteiger partial charge is 0.465 e. The normalized spacial score (nSPS) is 10.0. The number of nitrogens with one attached hydrogen (secondary N) is 1. The number of ether oxygens (including phenoxy) is 2. The number of hydrogen-bond donors (Lipinski definition) is 1. The van der Waals surface area contributed by atoms with Crippen molar-refractivity contribution in [2.45, 2.75) is 33.7 Å². The molecule has 0 saturated heterocycles. The predicted octanol–water partition coefficient (Wildman–Crippen LogP) is 1.22. The molecule has 1 amide bonds. The Labute approximate surface area is 122 Å². The van der Waals surface area contributed by atoms with E-state index in [4.69, 9.17) is 4.74 Å². The van der Waals surface area contributed by atoms with E-state index in [1.807, 2.05) is 11.5 Å². The molecule has 1 aromatic heterocycles. The van der Waals surface area contributed by atoms with Crippen LogP contribution in [0.2, 0.25) is 0 Å². The molecule has 1 aromatic rings. The summed E-state index contributed by atoms with van der Waals surface area (Å²) in [6, 6.07) is 1.34. The lowest BCUT2D eigenvalue weighted by Gasteiger charge is -2.13. The van der Waals surface area contributed by atoms with Crippen LogP contribution in [0.1, 0.15) is 26.0 Å². The number of aryl methyl sites for hydroxylation is 1. The molecule has 0 unspecified atom stereocenters. The maximum absolute atomic E-state index is 11.8. The number of carbonyl (C=O) groups excluding carboxylic acids is 2. The van der Waals surface area contributed by atoms with E-state index in [1.165, 1.54) is 6.07 Å². The second-order valence-corrected chi connectivity index (χ2v) is 4.34. The van der Waals surface area contributed by atoms with Crippen LogP contribution in [0.25, 0.3) is 0 Å². The summed E-state index contributed by atoms with van der Waals surface area (Å²) in [7, 11) is 0. The zero-order valence-electron chi connectivity index (χ0n) is 12.5. The van der Waals surface area contributed by atoms with Crippen LogP contribution in [0, 0.1) is 6.92 Å². The van der Waals surface area contributed by atoms with Crippen molar-refractivity contribution in [1.82, 2.24) is 9.88 Å². The highest BCUT2D eigenvalue weighted by Crippen LogP contribution is 2.12. The van der Waals surface area contributed by atoms with Crippen molar-refractivity contribution in [2.24, 2.45) is 0 Å². The van der Waals surface area contributed by atoms with Gasteiger partial charge >= 0.3 is 12.1 Å². The predicted molar refractivity (Wildman–Crippen MR) is 76.4 cm³/mol. The van der Waals surface area contributed by atoms with Crippen molar-refractivity contribution < 1.29 is 19.1 Å². The van der Waals surface area contributed by atoms with Gasteiger partial charge in [0.2, 0.25) is 5.43 Å². The summed E-state index contributed by atoms with van der Waals surface area (Å²) in [4.78, 5) is 34.5. The summed E-state index contributed by atoms with van der Waals surface area (Å²) in [5.41, 5.74) is 0.182. The Balaban J connectivity index is 2.73. The summed E-state index contributed by atoms with van der Waals surface area (Å²) in [6.07, 6.45) is 1.68. The van der Waals surface area contributed by atoms with Crippen LogP contribution in [-0.4, -0.2) is 29.8 Å². The molecule has 0 atom stereocenters. The minimum Gasteiger partial charge on any atom is -0.465 e. The molecule has 1 heterocycles. The molecule has 7 nitrogen and oxygen atoms in total. The number of rotatable bonds is 6. The van der Waals surface area contributed by atoms with E-state index in [-0.39, 0.29) is 24.3 Å². The fourth-order valence-corrected chi connectivity index (χ4v) is 1.75. The maximum atomic E-state index is 11.8. The standard InChI is InChI=1S/C14H20N2O5/c1-4-7-16-8-6-11(17)13(10(16)3)21-14(19)15-9-12(18)20-5-2/h6,8H,4-5,7,9H2,1-3H3,(H,15,19). The molecule has 21 heavy (non-hydrogen) atoms. The molecular weight excluding hydrogens is 276 g/mol. The van der Waals surface area contributed by atoms with Crippen LogP contribution in [0.5, 0.6) is 5.75 Å². The zero-order valence-corrected chi connectivity index (χ0v) is 12.5. The first kappa shape index (κ1) is 16.7. The van der Waals surface area contributed by atoms with Gasteiger partial charge < -0.3 is 19.4 Å². The van der Waals surface area contributed by atoms with Crippen molar-refractivity contribution in [3.63, 3.8) is 0 Å². The summed E-state index contributed by atoms with van der Waals surface area (Å²) in [5, 5.41) is 2.24. The third-order valence-electron chi connectivity index (χ3n) is 2.73. The van der Waals surface area contributed by atoms with E-state index in [9.17, 15) is 14.4 Å². The highest BCUT2D eigenvalue weighted by Gasteiger charge is 2.14. The van der Waals surface area contributed by atoms with Gasteiger partial charge in [-0.3, -0.25) is 9.59 Å². The molecule has 0 radical (unpaired) electrons. The molecular formula is C14H20N2O5. The first-order valence-electron chi connectivity index (χ1n) is 6.80. The van der Waals surface area contributed by atoms with Gasteiger partial charge in [-0.25, -0.2) is 4.79 Å². The number of carbonyl (C=O) groups is 2. The Hall–Kier alpha value is -2.31. The Bertz CT molecular complexity index is 565. The number of esters is 1. The Morgan fingerprint density at radius 3 is 2.67 bits per heavy atom. The van der Waals surface area contributed by atoms with Crippen molar-refractivity contribution in [3.8, 4) is 5.75 Å². The van der Waals surface area contributed by atoms with Crippen LogP contribution in [0.3, 0.4) is 0 Å². The van der Waals surface area contributed by atoms with Crippen molar-refractivity contribution in [3.05, 3.63) is 28.2 Å². The summed E-state index contributed by atoms with van der Waals surface area (Å²) in [6.45, 7) is 6.01. The topological polar surface area (TPSA) is 86.6 Å². The smallest absolute Gasteiger partial charge is 0.413 e. The lowest BCUT2D eigenvalue weighted by Crippen LogP contribution is -2.34. The van der Waals surface area contributed by atoms with Gasteiger partial charge in [-0.15, -0.1) is 0 Å². The fourth-order valence-electron chi connectivity index (χ4n) is 1.75. The molecule has 116 valence electrons. The van der Waals surface area contributed by atoms with E-state index in [2.05, 4.69) is 10.1 Å². The van der Waals surface area contributed by atoms with E-state index in [0.29, 0.717) is 12.2 Å². The second-order valence-electron chi connectivity index (χ2n) is 4.34. The van der Waals surface area contributed by atoms with Crippen molar-refractivity contribution in [1.29, 1.82) is 0 Å². The van der Waals surface area contributed by atoms with Gasteiger partial charge in [0, 0.05) is 18.8 Å². The van der Waals surface area contributed by atoms with E-state index >= 15 is 0 Å². The minimum absolute atomic E-state index is 0.0349. The van der Waals surface area contributed by atoms with Crippen LogP contribution in [0.4, 0.5) is 4.79 Å². The second kappa shape index (κ2) is 8.08. The minimum atomic E-state index is -0.863. The lowest BCUT2D eigenvalue weighted by atomic mass is 10.3. The number of amides is 1. The molecule has 0 aliphatic carbocycles. The van der Waals surface area contributed by atoms with Gasteiger partial charge in [-0.2, -0.15) is 0 Å². The van der Waals surface area contributed by atoms with Gasteiger partial charge in [0.1, 0.15) is 6.54 Å². The van der Waals surface area contributed by atoms with Crippen molar-refractivity contribution in [2.75, 3.05) is 13.2 Å². The molecule has 0 aliphatic rings. The number of hydrogen-bond acceptors (Lipinski definition) is 5. The molecule has 1 rings (SSSR count). The Morgan fingerprint density at radius 1 is 1.33 bits per heavy atom. The molecule has 0 bridgehead atoms. The van der Waals surface area contributed by atoms with E-state index < -0.39 is 12.1 Å². The van der Waals surface area contributed by atoms with Gasteiger partial charge in [-0.05, 0) is 20.3 Å². The monoisotopic (exact) mass is 296 g/mol. The van der Waals surface area contributed by atoms with Gasteiger partial charge in [0.25, 0.3) is 0 Å². The molecule has 7 heteroatoms. The lowest BCUT2D eigenvalue weighted by molar-refractivity contribution is -0.141. The average Bonchev–Trinajstić information content (AvgIpc) is 2.45. The van der Waals surface area contributed by atoms with Crippen LogP contribution < -0.4 is 15.5 Å².